The van der Waals surface area contributed by atoms with E-state index in [1.54, 1.807) is 7.11 Å². The largest absolute Gasteiger partial charge is 0.496 e. The molecule has 6 heteroatoms. The quantitative estimate of drug-likeness (QED) is 0.642. The molecule has 1 aromatic carbocycles. The van der Waals surface area contributed by atoms with Gasteiger partial charge in [0.1, 0.15) is 5.75 Å². The molecule has 1 unspecified atom stereocenters. The van der Waals surface area contributed by atoms with E-state index >= 15 is 0 Å². The van der Waals surface area contributed by atoms with Crippen molar-refractivity contribution < 1.29 is 9.53 Å². The van der Waals surface area contributed by atoms with Crippen molar-refractivity contribution >= 4 is 5.91 Å². The Hall–Kier alpha value is -2.44. The Morgan fingerprint density at radius 3 is 2.52 bits per heavy atom. The predicted molar refractivity (Wildman–Crippen MR) is 131 cm³/mol. The highest BCUT2D eigenvalue weighted by atomic mass is 16.5. The van der Waals surface area contributed by atoms with E-state index in [9.17, 15) is 4.79 Å². The van der Waals surface area contributed by atoms with Crippen molar-refractivity contribution in [3.05, 3.63) is 58.9 Å². The van der Waals surface area contributed by atoms with E-state index in [-0.39, 0.29) is 6.04 Å². The summed E-state index contributed by atoms with van der Waals surface area (Å²) < 4.78 is 5.57. The number of amides is 1. The molecule has 1 atom stereocenters. The lowest BCUT2D eigenvalue weighted by Crippen LogP contribution is -2.51. The van der Waals surface area contributed by atoms with Crippen molar-refractivity contribution in [3.63, 3.8) is 0 Å². The van der Waals surface area contributed by atoms with Gasteiger partial charge in [0, 0.05) is 56.6 Å². The van der Waals surface area contributed by atoms with Gasteiger partial charge in [0.2, 0.25) is 5.91 Å². The maximum atomic E-state index is 13.4. The van der Waals surface area contributed by atoms with Gasteiger partial charge in [-0.25, -0.2) is 0 Å². The van der Waals surface area contributed by atoms with E-state index in [2.05, 4.69) is 46.0 Å². The number of hydrogen-bond acceptors (Lipinski definition) is 5. The van der Waals surface area contributed by atoms with E-state index < -0.39 is 0 Å². The van der Waals surface area contributed by atoms with Gasteiger partial charge < -0.3 is 9.64 Å². The molecule has 0 saturated carbocycles. The molecule has 2 saturated heterocycles. The Labute approximate surface area is 198 Å². The zero-order chi connectivity index (χ0) is 23.4. The fourth-order valence-corrected chi connectivity index (χ4v) is 5.44. The molecule has 4 rings (SSSR count). The number of pyridine rings is 1. The van der Waals surface area contributed by atoms with Gasteiger partial charge in [-0.05, 0) is 51.6 Å². The van der Waals surface area contributed by atoms with Crippen LogP contribution in [-0.2, 0) is 17.9 Å². The summed E-state index contributed by atoms with van der Waals surface area (Å²) in [7, 11) is 3.74. The van der Waals surface area contributed by atoms with E-state index in [1.807, 2.05) is 31.1 Å². The molecule has 33 heavy (non-hydrogen) atoms. The van der Waals surface area contributed by atoms with Crippen molar-refractivity contribution in [2.75, 3.05) is 33.8 Å². The fourth-order valence-electron chi connectivity index (χ4n) is 5.44. The number of benzene rings is 1. The van der Waals surface area contributed by atoms with Gasteiger partial charge in [-0.3, -0.25) is 19.6 Å². The van der Waals surface area contributed by atoms with Crippen LogP contribution in [0.15, 0.2) is 36.5 Å². The summed E-state index contributed by atoms with van der Waals surface area (Å²) in [4.78, 5) is 24.9. The molecule has 2 aliphatic heterocycles. The minimum Gasteiger partial charge on any atom is -0.496 e. The number of likely N-dealkylation sites (tertiary alicyclic amines) is 2. The molecule has 3 heterocycles. The van der Waals surface area contributed by atoms with Gasteiger partial charge in [0.05, 0.1) is 18.8 Å². The lowest BCUT2D eigenvalue weighted by atomic mass is 10.0. The number of aryl methyl sites for hydroxylation is 1. The monoisotopic (exact) mass is 450 g/mol. The Kier molecular flexibility index (Phi) is 7.66. The number of hydrogen-bond donors (Lipinski definition) is 0. The SMILES string of the molecule is COc1c(C)cnc(CN2CCC(N(C)C(=O)C3CCCN3Cc3ccccc3)CC2)c1C. The lowest BCUT2D eigenvalue weighted by molar-refractivity contribution is -0.137. The van der Waals surface area contributed by atoms with Crippen LogP contribution < -0.4 is 4.74 Å². The second-order valence-electron chi connectivity index (χ2n) is 9.62. The second kappa shape index (κ2) is 10.7. The summed E-state index contributed by atoms with van der Waals surface area (Å²) in [6.45, 7) is 8.79. The van der Waals surface area contributed by atoms with Crippen molar-refractivity contribution in [1.82, 2.24) is 19.7 Å². The van der Waals surface area contributed by atoms with Crippen LogP contribution in [0.25, 0.3) is 0 Å². The summed E-state index contributed by atoms with van der Waals surface area (Å²) in [6.07, 6.45) is 5.99. The van der Waals surface area contributed by atoms with Crippen LogP contribution in [0.3, 0.4) is 0 Å². The van der Waals surface area contributed by atoms with Crippen molar-refractivity contribution in [2.24, 2.45) is 0 Å². The number of nitrogens with zero attached hydrogens (tertiary/aromatic N) is 4. The first-order valence-electron chi connectivity index (χ1n) is 12.2. The molecule has 2 aliphatic rings. The van der Waals surface area contributed by atoms with Gasteiger partial charge >= 0.3 is 0 Å². The van der Waals surface area contributed by atoms with Crippen molar-refractivity contribution in [2.45, 2.75) is 64.7 Å². The van der Waals surface area contributed by atoms with Crippen LogP contribution in [-0.4, -0.2) is 71.5 Å². The molecule has 1 aromatic heterocycles. The molecule has 6 nitrogen and oxygen atoms in total. The summed E-state index contributed by atoms with van der Waals surface area (Å²) in [5, 5.41) is 0. The van der Waals surface area contributed by atoms with Crippen LogP contribution >= 0.6 is 0 Å². The molecule has 0 N–H and O–H groups in total. The smallest absolute Gasteiger partial charge is 0.239 e. The number of methoxy groups -OCH3 is 1. The third-order valence-electron chi connectivity index (χ3n) is 7.45. The molecule has 178 valence electrons. The Morgan fingerprint density at radius 2 is 1.82 bits per heavy atom. The molecule has 0 spiro atoms. The number of carbonyl (C=O) groups excluding carboxylic acids is 1. The van der Waals surface area contributed by atoms with Crippen molar-refractivity contribution in [3.8, 4) is 5.75 Å². The normalized spacial score (nSPS) is 20.2. The number of likely N-dealkylation sites (N-methyl/N-ethyl adjacent to an activating group) is 1. The van der Waals surface area contributed by atoms with E-state index in [4.69, 9.17) is 4.74 Å². The molecule has 1 amide bonds. The third kappa shape index (κ3) is 5.39. The van der Waals surface area contributed by atoms with E-state index in [0.29, 0.717) is 11.9 Å². The Balaban J connectivity index is 1.31. The van der Waals surface area contributed by atoms with E-state index in [0.717, 1.165) is 81.0 Å². The van der Waals surface area contributed by atoms with Crippen LogP contribution in [0, 0.1) is 13.8 Å². The first kappa shape index (κ1) is 23.7. The predicted octanol–water partition coefficient (Wildman–Crippen LogP) is 3.79. The molecule has 2 aromatic rings. The minimum absolute atomic E-state index is 0.0140. The van der Waals surface area contributed by atoms with Crippen molar-refractivity contribution in [1.29, 1.82) is 0 Å². The molecule has 0 bridgehead atoms. The maximum Gasteiger partial charge on any atom is 0.239 e. The lowest BCUT2D eigenvalue weighted by Gasteiger charge is -2.38. The van der Waals surface area contributed by atoms with Gasteiger partial charge in [-0.1, -0.05) is 30.3 Å². The molecule has 0 radical (unpaired) electrons. The molecule has 0 aliphatic carbocycles. The highest BCUT2D eigenvalue weighted by molar-refractivity contribution is 5.82. The number of carbonyl (C=O) groups is 1. The standard InChI is InChI=1S/C27H38N4O2/c1-20-17-28-24(21(2)26(20)33-4)19-30-15-12-23(13-16-30)29(3)27(32)25-11-8-14-31(25)18-22-9-6-5-7-10-22/h5-7,9-10,17,23,25H,8,11-16,18-19H2,1-4H3. The van der Waals surface area contributed by atoms with Gasteiger partial charge in [0.25, 0.3) is 0 Å². The molecule has 2 fully saturated rings. The third-order valence-corrected chi connectivity index (χ3v) is 7.45. The molecular weight excluding hydrogens is 412 g/mol. The number of ether oxygens (including phenoxy) is 1. The van der Waals surface area contributed by atoms with Crippen LogP contribution in [0.1, 0.15) is 48.1 Å². The first-order chi connectivity index (χ1) is 16.0. The van der Waals surface area contributed by atoms with Gasteiger partial charge in [-0.15, -0.1) is 0 Å². The molecular formula is C27H38N4O2. The van der Waals surface area contributed by atoms with E-state index in [1.165, 1.54) is 5.56 Å². The average molecular weight is 451 g/mol. The topological polar surface area (TPSA) is 48.9 Å². The van der Waals surface area contributed by atoms with Crippen LogP contribution in [0.5, 0.6) is 5.75 Å². The summed E-state index contributed by atoms with van der Waals surface area (Å²) in [6, 6.07) is 10.8. The summed E-state index contributed by atoms with van der Waals surface area (Å²) in [5.74, 6) is 1.24. The van der Waals surface area contributed by atoms with Gasteiger partial charge in [0.15, 0.2) is 0 Å². The maximum absolute atomic E-state index is 13.4. The van der Waals surface area contributed by atoms with Crippen LogP contribution in [0.4, 0.5) is 0 Å². The van der Waals surface area contributed by atoms with Gasteiger partial charge in [-0.2, -0.15) is 0 Å². The Morgan fingerprint density at radius 1 is 1.09 bits per heavy atom. The van der Waals surface area contributed by atoms with Crippen LogP contribution in [0.2, 0.25) is 0 Å². The highest BCUT2D eigenvalue weighted by Crippen LogP contribution is 2.27. The summed E-state index contributed by atoms with van der Waals surface area (Å²) >= 11 is 0. The first-order valence-corrected chi connectivity index (χ1v) is 12.2. The summed E-state index contributed by atoms with van der Waals surface area (Å²) in [5.41, 5.74) is 4.57. The number of aromatic nitrogens is 1. The Bertz CT molecular complexity index is 941. The fraction of sp³-hybridized carbons (Fsp3) is 0.556. The second-order valence-corrected chi connectivity index (χ2v) is 9.62. The average Bonchev–Trinajstić information content (AvgIpc) is 3.29. The zero-order valence-corrected chi connectivity index (χ0v) is 20.6. The number of piperidine rings is 1. The highest BCUT2D eigenvalue weighted by Gasteiger charge is 2.35. The zero-order valence-electron chi connectivity index (χ0n) is 20.6. The minimum atomic E-state index is 0.0140. The number of rotatable bonds is 7.